The molecule has 0 bridgehead atoms. The lowest BCUT2D eigenvalue weighted by Gasteiger charge is -2.32. The lowest BCUT2D eigenvalue weighted by Crippen LogP contribution is -2.42. The largest absolute Gasteiger partial charge is 0.416 e. The Balaban J connectivity index is 1.47. The average Bonchev–Trinajstić information content (AvgIpc) is 3.33. The molecule has 1 aliphatic heterocycles. The number of Topliss-reactive ketones (excluding diaryl/α,β-unsaturated/α-hetero) is 1. The highest BCUT2D eigenvalue weighted by molar-refractivity contribution is 5.99. The Morgan fingerprint density at radius 1 is 1.03 bits per heavy atom. The van der Waals surface area contributed by atoms with E-state index in [1.165, 1.54) is 12.1 Å². The number of nitrogens with zero attached hydrogens (tertiary/aromatic N) is 3. The minimum atomic E-state index is -4.51. The molecule has 0 spiro atoms. The van der Waals surface area contributed by atoms with E-state index in [0.29, 0.717) is 24.9 Å². The van der Waals surface area contributed by atoms with Crippen molar-refractivity contribution in [3.63, 3.8) is 0 Å². The lowest BCUT2D eigenvalue weighted by molar-refractivity contribution is -0.137. The van der Waals surface area contributed by atoms with Gasteiger partial charge in [-0.25, -0.2) is 4.98 Å². The summed E-state index contributed by atoms with van der Waals surface area (Å²) in [6.45, 7) is 0.700. The van der Waals surface area contributed by atoms with Crippen LogP contribution in [0.2, 0.25) is 0 Å². The van der Waals surface area contributed by atoms with Crippen LogP contribution in [0, 0.1) is 5.92 Å². The Kier molecular flexibility index (Phi) is 5.63. The van der Waals surface area contributed by atoms with Crippen molar-refractivity contribution < 1.29 is 22.8 Å². The summed E-state index contributed by atoms with van der Waals surface area (Å²) in [6.07, 6.45) is 1.77. The van der Waals surface area contributed by atoms with Crippen molar-refractivity contribution in [2.75, 3.05) is 13.1 Å². The predicted molar refractivity (Wildman–Crippen MR) is 108 cm³/mol. The maximum absolute atomic E-state index is 13.0. The molecule has 1 amide bonds. The van der Waals surface area contributed by atoms with Crippen LogP contribution >= 0.6 is 0 Å². The molecule has 1 aromatic heterocycles. The molecule has 5 nitrogen and oxygen atoms in total. The van der Waals surface area contributed by atoms with Crippen LogP contribution in [0.5, 0.6) is 0 Å². The molecule has 1 saturated heterocycles. The summed E-state index contributed by atoms with van der Waals surface area (Å²) in [4.78, 5) is 31.4. The summed E-state index contributed by atoms with van der Waals surface area (Å²) in [7, 11) is 0. The van der Waals surface area contributed by atoms with E-state index in [-0.39, 0.29) is 23.8 Å². The van der Waals surface area contributed by atoms with Gasteiger partial charge in [0.1, 0.15) is 0 Å². The molecule has 31 heavy (non-hydrogen) atoms. The first-order valence-electron chi connectivity index (χ1n) is 9.92. The Hall–Kier alpha value is -3.42. The van der Waals surface area contributed by atoms with Gasteiger partial charge in [0.25, 0.3) is 5.91 Å². The van der Waals surface area contributed by atoms with Crippen molar-refractivity contribution in [3.05, 3.63) is 83.9 Å². The summed E-state index contributed by atoms with van der Waals surface area (Å²) in [5, 5.41) is 0. The van der Waals surface area contributed by atoms with Gasteiger partial charge in [0, 0.05) is 48.2 Å². The van der Waals surface area contributed by atoms with Crippen molar-refractivity contribution in [2.24, 2.45) is 5.92 Å². The van der Waals surface area contributed by atoms with E-state index in [4.69, 9.17) is 0 Å². The summed E-state index contributed by atoms with van der Waals surface area (Å²) in [5.41, 5.74) is 0.542. The molecule has 8 heteroatoms. The number of amides is 1. The summed E-state index contributed by atoms with van der Waals surface area (Å²) in [5.74, 6) is -1.08. The number of carbonyl (C=O) groups excluding carboxylic acids is 2. The van der Waals surface area contributed by atoms with Crippen LogP contribution in [0.15, 0.2) is 67.3 Å². The first-order chi connectivity index (χ1) is 14.8. The van der Waals surface area contributed by atoms with Crippen LogP contribution in [0.1, 0.15) is 39.1 Å². The van der Waals surface area contributed by atoms with Gasteiger partial charge in [0.2, 0.25) is 0 Å². The molecule has 0 N–H and O–H groups in total. The first kappa shape index (κ1) is 20.8. The molecule has 0 aliphatic carbocycles. The number of carbonyl (C=O) groups is 2. The third-order valence-corrected chi connectivity index (χ3v) is 5.47. The summed E-state index contributed by atoms with van der Waals surface area (Å²) < 4.78 is 40.8. The van der Waals surface area contributed by atoms with Gasteiger partial charge in [-0.1, -0.05) is 12.1 Å². The van der Waals surface area contributed by atoms with E-state index in [2.05, 4.69) is 4.98 Å². The molecule has 4 rings (SSSR count). The van der Waals surface area contributed by atoms with Gasteiger partial charge in [-0.2, -0.15) is 13.2 Å². The summed E-state index contributed by atoms with van der Waals surface area (Å²) in [6, 6.07) is 11.5. The predicted octanol–water partition coefficient (Wildman–Crippen LogP) is 4.63. The molecular formula is C23H20F3N3O2. The second-order valence-corrected chi connectivity index (χ2v) is 7.55. The third-order valence-electron chi connectivity index (χ3n) is 5.47. The first-order valence-corrected chi connectivity index (χ1v) is 9.92. The normalized spacial score (nSPS) is 16.9. The quantitative estimate of drug-likeness (QED) is 0.571. The van der Waals surface area contributed by atoms with Crippen LogP contribution < -0.4 is 0 Å². The smallest absolute Gasteiger partial charge is 0.338 e. The van der Waals surface area contributed by atoms with Gasteiger partial charge in [-0.15, -0.1) is 0 Å². The Bertz CT molecular complexity index is 1080. The van der Waals surface area contributed by atoms with E-state index >= 15 is 0 Å². The average molecular weight is 427 g/mol. The molecule has 0 saturated carbocycles. The molecule has 1 atom stereocenters. The standard InChI is InChI=1S/C23H20F3N3O2/c24-23(25,26)19-5-1-3-17(13-19)21(30)18-4-2-11-28(14-18)22(31)16-6-8-20(9-7-16)29-12-10-27-15-29/h1,3,5-10,12-13,15,18H,2,4,11,14H2. The van der Waals surface area contributed by atoms with E-state index in [9.17, 15) is 22.8 Å². The van der Waals surface area contributed by atoms with Crippen molar-refractivity contribution in [2.45, 2.75) is 19.0 Å². The minimum absolute atomic E-state index is 0.0267. The van der Waals surface area contributed by atoms with Crippen LogP contribution in [0.4, 0.5) is 13.2 Å². The van der Waals surface area contributed by atoms with Crippen LogP contribution in [0.3, 0.4) is 0 Å². The molecule has 1 unspecified atom stereocenters. The minimum Gasteiger partial charge on any atom is -0.338 e. The Morgan fingerprint density at radius 3 is 2.48 bits per heavy atom. The van der Waals surface area contributed by atoms with Gasteiger partial charge in [0.15, 0.2) is 5.78 Å². The van der Waals surface area contributed by atoms with Gasteiger partial charge >= 0.3 is 6.18 Å². The number of piperidine rings is 1. The number of rotatable bonds is 4. The highest BCUT2D eigenvalue weighted by Gasteiger charge is 2.33. The van der Waals surface area contributed by atoms with E-state index in [0.717, 1.165) is 17.8 Å². The van der Waals surface area contributed by atoms with Gasteiger partial charge in [0.05, 0.1) is 11.9 Å². The maximum Gasteiger partial charge on any atom is 0.416 e. The fraction of sp³-hybridized carbons (Fsp3) is 0.261. The topological polar surface area (TPSA) is 55.2 Å². The van der Waals surface area contributed by atoms with Crippen LogP contribution in [-0.4, -0.2) is 39.2 Å². The number of benzene rings is 2. The number of ketones is 1. The Morgan fingerprint density at radius 2 is 1.81 bits per heavy atom. The highest BCUT2D eigenvalue weighted by atomic mass is 19.4. The number of hydrogen-bond acceptors (Lipinski definition) is 3. The molecule has 1 aliphatic rings. The number of aromatic nitrogens is 2. The molecule has 2 aromatic carbocycles. The van der Waals surface area contributed by atoms with E-state index < -0.39 is 17.7 Å². The number of imidazole rings is 1. The van der Waals surface area contributed by atoms with Crippen LogP contribution in [0.25, 0.3) is 5.69 Å². The maximum atomic E-state index is 13.0. The van der Waals surface area contributed by atoms with Gasteiger partial charge in [-0.3, -0.25) is 9.59 Å². The SMILES string of the molecule is O=C(c1cccc(C(F)(F)F)c1)C1CCCN(C(=O)c2ccc(-n3ccnc3)cc2)C1. The summed E-state index contributed by atoms with van der Waals surface area (Å²) >= 11 is 0. The highest BCUT2D eigenvalue weighted by Crippen LogP contribution is 2.31. The van der Waals surface area contributed by atoms with E-state index in [1.807, 2.05) is 16.7 Å². The second-order valence-electron chi connectivity index (χ2n) is 7.55. The molecule has 3 aromatic rings. The zero-order valence-corrected chi connectivity index (χ0v) is 16.5. The monoisotopic (exact) mass is 427 g/mol. The molecule has 0 radical (unpaired) electrons. The molecule has 160 valence electrons. The van der Waals surface area contributed by atoms with Crippen molar-refractivity contribution in [3.8, 4) is 5.69 Å². The number of halogens is 3. The molecule has 1 fully saturated rings. The third kappa shape index (κ3) is 4.52. The zero-order chi connectivity index (χ0) is 22.0. The van der Waals surface area contributed by atoms with Gasteiger partial charge < -0.3 is 9.47 Å². The molecular weight excluding hydrogens is 407 g/mol. The zero-order valence-electron chi connectivity index (χ0n) is 16.5. The number of likely N-dealkylation sites (tertiary alicyclic amines) is 1. The Labute approximate surface area is 177 Å². The number of hydrogen-bond donors (Lipinski definition) is 0. The second kappa shape index (κ2) is 8.37. The van der Waals surface area contributed by atoms with Crippen molar-refractivity contribution in [1.29, 1.82) is 0 Å². The number of alkyl halides is 3. The van der Waals surface area contributed by atoms with Crippen LogP contribution in [-0.2, 0) is 6.18 Å². The molecule has 2 heterocycles. The van der Waals surface area contributed by atoms with Crippen molar-refractivity contribution in [1.82, 2.24) is 14.5 Å². The fourth-order valence-electron chi connectivity index (χ4n) is 3.83. The van der Waals surface area contributed by atoms with Gasteiger partial charge in [-0.05, 0) is 49.2 Å². The fourth-order valence-corrected chi connectivity index (χ4v) is 3.83. The van der Waals surface area contributed by atoms with E-state index in [1.54, 1.807) is 35.8 Å². The van der Waals surface area contributed by atoms with Crippen molar-refractivity contribution >= 4 is 11.7 Å². The lowest BCUT2D eigenvalue weighted by atomic mass is 9.89.